The summed E-state index contributed by atoms with van der Waals surface area (Å²) in [6, 6.07) is 21.4. The van der Waals surface area contributed by atoms with Gasteiger partial charge in [-0.2, -0.15) is 0 Å². The van der Waals surface area contributed by atoms with Crippen molar-refractivity contribution in [3.05, 3.63) is 60.7 Å². The monoisotopic (exact) mass is 258 g/mol. The zero-order valence-corrected chi connectivity index (χ0v) is 9.89. The zero-order valence-electron chi connectivity index (χ0n) is 8.18. The van der Waals surface area contributed by atoms with Gasteiger partial charge in [-0.25, -0.2) is 0 Å². The molecule has 0 atom stereocenters. The molecule has 0 bridgehead atoms. The van der Waals surface area contributed by atoms with Crippen LogP contribution in [0.3, 0.4) is 0 Å². The summed E-state index contributed by atoms with van der Waals surface area (Å²) in [6.07, 6.45) is 0. The van der Waals surface area contributed by atoms with Crippen molar-refractivity contribution >= 4 is 38.5 Å². The summed E-state index contributed by atoms with van der Waals surface area (Å²) in [5, 5.41) is 5.30. The maximum atomic E-state index is 2.18. The second kappa shape index (κ2) is 4.03. The largest absolute Gasteiger partial charge is 0.114 e. The molecule has 1 heteroatoms. The van der Waals surface area contributed by atoms with Crippen molar-refractivity contribution < 1.29 is 0 Å². The Morgan fingerprint density at radius 3 is 1.33 bits per heavy atom. The molecule has 0 aromatic heterocycles. The Balaban J connectivity index is 0.000000853. The minimum Gasteiger partial charge on any atom is -0.114 e. The van der Waals surface area contributed by atoms with E-state index in [0.29, 0.717) is 0 Å². The van der Waals surface area contributed by atoms with Gasteiger partial charge in [-0.15, -0.1) is 17.0 Å². The van der Waals surface area contributed by atoms with Crippen LogP contribution in [0.25, 0.3) is 21.5 Å². The van der Waals surface area contributed by atoms with Gasteiger partial charge >= 0.3 is 0 Å². The highest BCUT2D eigenvalue weighted by Crippen LogP contribution is 2.24. The first-order valence-electron chi connectivity index (χ1n) is 4.82. The molecule has 3 aromatic carbocycles. The van der Waals surface area contributed by atoms with Gasteiger partial charge in [0.15, 0.2) is 0 Å². The lowest BCUT2D eigenvalue weighted by Crippen LogP contribution is -1.75. The van der Waals surface area contributed by atoms with Crippen molar-refractivity contribution in [3.8, 4) is 0 Å². The second-order valence-corrected chi connectivity index (χ2v) is 3.51. The Morgan fingerprint density at radius 1 is 0.467 bits per heavy atom. The Hall–Kier alpha value is -1.34. The summed E-state index contributed by atoms with van der Waals surface area (Å²) in [5.74, 6) is 0. The number of hydrogen-bond acceptors (Lipinski definition) is 0. The molecule has 3 aromatic rings. The van der Waals surface area contributed by atoms with Crippen molar-refractivity contribution in [1.29, 1.82) is 0 Å². The third-order valence-electron chi connectivity index (χ3n) is 2.65. The van der Waals surface area contributed by atoms with E-state index in [-0.39, 0.29) is 17.0 Å². The molecule has 0 heterocycles. The Bertz CT molecular complexity index is 544. The Kier molecular flexibility index (Phi) is 2.74. The van der Waals surface area contributed by atoms with Crippen molar-refractivity contribution in [1.82, 2.24) is 0 Å². The van der Waals surface area contributed by atoms with E-state index in [1.807, 2.05) is 0 Å². The molecule has 0 aliphatic carbocycles. The normalized spacial score (nSPS) is 10.1. The molecule has 3 rings (SSSR count). The Labute approximate surface area is 99.3 Å². The van der Waals surface area contributed by atoms with Gasteiger partial charge in [0.25, 0.3) is 0 Å². The van der Waals surface area contributed by atoms with Gasteiger partial charge in [0.2, 0.25) is 0 Å². The van der Waals surface area contributed by atoms with E-state index in [9.17, 15) is 0 Å². The zero-order chi connectivity index (χ0) is 9.38. The molecule has 0 N–H and O–H groups in total. The predicted octanol–water partition coefficient (Wildman–Crippen LogP) is 4.57. The number of benzene rings is 3. The number of halogens is 1. The van der Waals surface area contributed by atoms with Crippen LogP contribution in [0.5, 0.6) is 0 Å². The molecule has 0 unspecified atom stereocenters. The highest BCUT2D eigenvalue weighted by molar-refractivity contribution is 8.93. The summed E-state index contributed by atoms with van der Waals surface area (Å²) in [6.45, 7) is 0. The van der Waals surface area contributed by atoms with E-state index in [0.717, 1.165) is 0 Å². The smallest absolute Gasteiger partial charge is 0.0105 e. The van der Waals surface area contributed by atoms with E-state index >= 15 is 0 Å². The topological polar surface area (TPSA) is 0 Å². The van der Waals surface area contributed by atoms with Crippen molar-refractivity contribution in [2.75, 3.05) is 0 Å². The van der Waals surface area contributed by atoms with Crippen LogP contribution in [-0.2, 0) is 0 Å². The van der Waals surface area contributed by atoms with E-state index in [4.69, 9.17) is 0 Å². The molecule has 74 valence electrons. The second-order valence-electron chi connectivity index (χ2n) is 3.51. The molecule has 0 aliphatic heterocycles. The molecule has 0 nitrogen and oxygen atoms in total. The van der Waals surface area contributed by atoms with E-state index in [1.165, 1.54) is 21.5 Å². The molecule has 0 radical (unpaired) electrons. The minimum absolute atomic E-state index is 0. The SMILES string of the molecule is Br.c1ccc2c(c1)ccc1ccccc12. The number of fused-ring (bicyclic) bond motifs is 3. The molecular weight excluding hydrogens is 248 g/mol. The minimum atomic E-state index is 0. The van der Waals surface area contributed by atoms with E-state index < -0.39 is 0 Å². The average Bonchev–Trinajstić information content (AvgIpc) is 2.29. The van der Waals surface area contributed by atoms with Crippen LogP contribution in [0.2, 0.25) is 0 Å². The molecule has 0 saturated carbocycles. The lowest BCUT2D eigenvalue weighted by Gasteiger charge is -2.02. The van der Waals surface area contributed by atoms with Crippen LogP contribution in [0.4, 0.5) is 0 Å². The highest BCUT2D eigenvalue weighted by atomic mass is 79.9. The molecule has 0 amide bonds. The Morgan fingerprint density at radius 2 is 0.867 bits per heavy atom. The third kappa shape index (κ3) is 1.64. The van der Waals surface area contributed by atoms with Gasteiger partial charge in [0.05, 0.1) is 0 Å². The van der Waals surface area contributed by atoms with Gasteiger partial charge in [-0.3, -0.25) is 0 Å². The predicted molar refractivity (Wildman–Crippen MR) is 71.8 cm³/mol. The summed E-state index contributed by atoms with van der Waals surface area (Å²) >= 11 is 0. The molecule has 15 heavy (non-hydrogen) atoms. The lowest BCUT2D eigenvalue weighted by atomic mass is 10.0. The molecular formula is C14H11Br. The van der Waals surface area contributed by atoms with Crippen LogP contribution in [0.1, 0.15) is 0 Å². The molecule has 0 spiro atoms. The van der Waals surface area contributed by atoms with Crippen molar-refractivity contribution in [2.24, 2.45) is 0 Å². The summed E-state index contributed by atoms with van der Waals surface area (Å²) in [5.41, 5.74) is 0. The third-order valence-corrected chi connectivity index (χ3v) is 2.65. The van der Waals surface area contributed by atoms with Crippen LogP contribution in [0, 0.1) is 0 Å². The van der Waals surface area contributed by atoms with Crippen LogP contribution in [-0.4, -0.2) is 0 Å². The van der Waals surface area contributed by atoms with Gasteiger partial charge < -0.3 is 0 Å². The van der Waals surface area contributed by atoms with Crippen LogP contribution < -0.4 is 0 Å². The van der Waals surface area contributed by atoms with Crippen molar-refractivity contribution in [2.45, 2.75) is 0 Å². The first-order valence-corrected chi connectivity index (χ1v) is 4.82. The molecule has 0 saturated heterocycles. The van der Waals surface area contributed by atoms with Crippen molar-refractivity contribution in [3.63, 3.8) is 0 Å². The maximum Gasteiger partial charge on any atom is -0.0105 e. The average molecular weight is 259 g/mol. The fourth-order valence-corrected chi connectivity index (χ4v) is 1.95. The number of rotatable bonds is 0. The van der Waals surface area contributed by atoms with Gasteiger partial charge in [-0.05, 0) is 21.5 Å². The highest BCUT2D eigenvalue weighted by Gasteiger charge is 1.97. The quantitative estimate of drug-likeness (QED) is 0.519. The molecule has 0 aliphatic rings. The maximum absolute atomic E-state index is 2.18. The first kappa shape index (κ1) is 10.2. The fourth-order valence-electron chi connectivity index (χ4n) is 1.95. The fraction of sp³-hybridized carbons (Fsp3) is 0. The first-order chi connectivity index (χ1) is 6.95. The van der Waals surface area contributed by atoms with Crippen LogP contribution in [0.15, 0.2) is 60.7 Å². The van der Waals surface area contributed by atoms with E-state index in [1.54, 1.807) is 0 Å². The lowest BCUT2D eigenvalue weighted by molar-refractivity contribution is 1.76. The van der Waals surface area contributed by atoms with Gasteiger partial charge in [0.1, 0.15) is 0 Å². The summed E-state index contributed by atoms with van der Waals surface area (Å²) < 4.78 is 0. The van der Waals surface area contributed by atoms with Gasteiger partial charge in [-0.1, -0.05) is 60.7 Å². The number of hydrogen-bond donors (Lipinski definition) is 0. The summed E-state index contributed by atoms with van der Waals surface area (Å²) in [4.78, 5) is 0. The van der Waals surface area contributed by atoms with Crippen LogP contribution >= 0.6 is 17.0 Å². The van der Waals surface area contributed by atoms with Gasteiger partial charge in [0, 0.05) is 0 Å². The summed E-state index contributed by atoms with van der Waals surface area (Å²) in [7, 11) is 0. The molecule has 0 fully saturated rings. The standard InChI is InChI=1S/C14H10.BrH/c1-3-7-13-11(5-1)9-10-12-6-2-4-8-14(12)13;/h1-10H;1H. The van der Waals surface area contributed by atoms with E-state index in [2.05, 4.69) is 60.7 Å².